The number of benzene rings is 1. The Labute approximate surface area is 117 Å². The van der Waals surface area contributed by atoms with Gasteiger partial charge in [0, 0.05) is 26.2 Å². The van der Waals surface area contributed by atoms with E-state index in [2.05, 4.69) is 53.4 Å². The quantitative estimate of drug-likeness (QED) is 0.874. The van der Waals surface area contributed by atoms with E-state index in [4.69, 9.17) is 0 Å². The van der Waals surface area contributed by atoms with Crippen molar-refractivity contribution in [2.45, 2.75) is 26.4 Å². The first kappa shape index (κ1) is 14.5. The molecule has 19 heavy (non-hydrogen) atoms. The molecule has 3 heteroatoms. The summed E-state index contributed by atoms with van der Waals surface area (Å²) >= 11 is 0. The third-order valence-corrected chi connectivity index (χ3v) is 3.82. The van der Waals surface area contributed by atoms with Crippen molar-refractivity contribution in [3.05, 3.63) is 35.4 Å². The van der Waals surface area contributed by atoms with Crippen molar-refractivity contribution in [3.8, 4) is 0 Å². The van der Waals surface area contributed by atoms with E-state index >= 15 is 0 Å². The third kappa shape index (κ3) is 4.94. The molecule has 1 heterocycles. The first-order valence-corrected chi connectivity index (χ1v) is 7.47. The lowest BCUT2D eigenvalue weighted by atomic mass is 10.1. The largest absolute Gasteiger partial charge is 0.313 e. The van der Waals surface area contributed by atoms with Crippen molar-refractivity contribution in [2.75, 3.05) is 39.8 Å². The van der Waals surface area contributed by atoms with E-state index in [9.17, 15) is 0 Å². The molecule has 1 saturated heterocycles. The molecule has 0 aliphatic carbocycles. The average Bonchev–Trinajstić information content (AvgIpc) is 2.63. The molecule has 1 fully saturated rings. The van der Waals surface area contributed by atoms with Crippen LogP contribution in [0.1, 0.15) is 24.5 Å². The molecule has 106 valence electrons. The zero-order valence-electron chi connectivity index (χ0n) is 12.4. The number of rotatable bonds is 5. The highest BCUT2D eigenvalue weighted by molar-refractivity contribution is 5.22. The van der Waals surface area contributed by atoms with Gasteiger partial charge in [-0.2, -0.15) is 0 Å². The molecule has 0 atom stereocenters. The molecule has 0 saturated carbocycles. The molecule has 0 amide bonds. The Bertz CT molecular complexity index is 361. The second-order valence-corrected chi connectivity index (χ2v) is 5.53. The summed E-state index contributed by atoms with van der Waals surface area (Å²) in [5.74, 6) is 0. The van der Waals surface area contributed by atoms with Crippen molar-refractivity contribution in [2.24, 2.45) is 0 Å². The van der Waals surface area contributed by atoms with E-state index in [1.165, 1.54) is 43.7 Å². The monoisotopic (exact) mass is 261 g/mol. The van der Waals surface area contributed by atoms with Crippen LogP contribution in [0.2, 0.25) is 0 Å². The van der Waals surface area contributed by atoms with Gasteiger partial charge in [0.2, 0.25) is 0 Å². The zero-order valence-corrected chi connectivity index (χ0v) is 12.4. The maximum Gasteiger partial charge on any atom is 0.0234 e. The fourth-order valence-corrected chi connectivity index (χ4v) is 2.55. The molecule has 1 N–H and O–H groups in total. The number of hydrogen-bond acceptors (Lipinski definition) is 3. The summed E-state index contributed by atoms with van der Waals surface area (Å²) in [6.45, 7) is 10.1. The van der Waals surface area contributed by atoms with Crippen LogP contribution in [0.3, 0.4) is 0 Å². The molecule has 0 spiro atoms. The number of nitrogens with zero attached hydrogens (tertiary/aromatic N) is 2. The maximum absolute atomic E-state index is 3.36. The van der Waals surface area contributed by atoms with Gasteiger partial charge < -0.3 is 10.2 Å². The highest BCUT2D eigenvalue weighted by Gasteiger charge is 2.11. The summed E-state index contributed by atoms with van der Waals surface area (Å²) in [7, 11) is 2.22. The molecule has 0 unspecified atom stereocenters. The first-order valence-electron chi connectivity index (χ1n) is 7.47. The van der Waals surface area contributed by atoms with Crippen LogP contribution in [-0.4, -0.2) is 49.6 Å². The van der Waals surface area contributed by atoms with Crippen LogP contribution >= 0.6 is 0 Å². The van der Waals surface area contributed by atoms with E-state index in [1.54, 1.807) is 0 Å². The maximum atomic E-state index is 3.36. The lowest BCUT2D eigenvalue weighted by molar-refractivity contribution is 0.269. The van der Waals surface area contributed by atoms with E-state index in [0.717, 1.165) is 19.6 Å². The Hall–Kier alpha value is -0.900. The minimum atomic E-state index is 0.977. The van der Waals surface area contributed by atoms with Gasteiger partial charge in [0.25, 0.3) is 0 Å². The van der Waals surface area contributed by atoms with Gasteiger partial charge in [-0.05, 0) is 44.2 Å². The Morgan fingerprint density at radius 3 is 2.47 bits per heavy atom. The third-order valence-electron chi connectivity index (χ3n) is 3.82. The van der Waals surface area contributed by atoms with Gasteiger partial charge >= 0.3 is 0 Å². The lowest BCUT2D eigenvalue weighted by Crippen LogP contribution is -2.28. The molecule has 1 aromatic rings. The van der Waals surface area contributed by atoms with Crippen LogP contribution in [0.15, 0.2) is 24.3 Å². The summed E-state index contributed by atoms with van der Waals surface area (Å²) in [4.78, 5) is 5.00. The van der Waals surface area contributed by atoms with Gasteiger partial charge in [-0.1, -0.05) is 31.2 Å². The second-order valence-electron chi connectivity index (χ2n) is 5.53. The molecular weight excluding hydrogens is 234 g/mol. The average molecular weight is 261 g/mol. The molecule has 1 aliphatic heterocycles. The Morgan fingerprint density at radius 1 is 1.00 bits per heavy atom. The normalized spacial score (nSPS) is 18.4. The number of hydrogen-bond donors (Lipinski definition) is 1. The topological polar surface area (TPSA) is 18.5 Å². The molecular formula is C16H27N3. The Balaban J connectivity index is 1.84. The second kappa shape index (κ2) is 7.63. The first-order chi connectivity index (χ1) is 9.28. The molecule has 1 aromatic carbocycles. The van der Waals surface area contributed by atoms with E-state index < -0.39 is 0 Å². The van der Waals surface area contributed by atoms with E-state index in [0.29, 0.717) is 0 Å². The Kier molecular flexibility index (Phi) is 5.83. The van der Waals surface area contributed by atoms with Crippen molar-refractivity contribution < 1.29 is 0 Å². The van der Waals surface area contributed by atoms with Gasteiger partial charge in [-0.25, -0.2) is 0 Å². The molecule has 2 rings (SSSR count). The Morgan fingerprint density at radius 2 is 1.74 bits per heavy atom. The van der Waals surface area contributed by atoms with Gasteiger partial charge in [-0.15, -0.1) is 0 Å². The summed E-state index contributed by atoms with van der Waals surface area (Å²) in [5, 5.41) is 3.36. The van der Waals surface area contributed by atoms with E-state index in [-0.39, 0.29) is 0 Å². The fraction of sp³-hybridized carbons (Fsp3) is 0.625. The van der Waals surface area contributed by atoms with E-state index in [1.807, 2.05) is 0 Å². The summed E-state index contributed by atoms with van der Waals surface area (Å²) in [6.07, 6.45) is 1.29. The van der Waals surface area contributed by atoms with Gasteiger partial charge in [0.15, 0.2) is 0 Å². The minimum absolute atomic E-state index is 0.977. The van der Waals surface area contributed by atoms with Crippen LogP contribution in [0, 0.1) is 0 Å². The van der Waals surface area contributed by atoms with Crippen LogP contribution in [0.25, 0.3) is 0 Å². The van der Waals surface area contributed by atoms with Crippen LogP contribution in [0.5, 0.6) is 0 Å². The molecule has 1 aliphatic rings. The minimum Gasteiger partial charge on any atom is -0.313 e. The van der Waals surface area contributed by atoms with Gasteiger partial charge in [-0.3, -0.25) is 4.90 Å². The van der Waals surface area contributed by atoms with Crippen molar-refractivity contribution in [1.29, 1.82) is 0 Å². The summed E-state index contributed by atoms with van der Waals surface area (Å²) in [5.41, 5.74) is 2.81. The predicted octanol–water partition coefficient (Wildman–Crippen LogP) is 1.93. The SMILES string of the molecule is CCNCc1ccc(CN2CCCN(C)CC2)cc1. The van der Waals surface area contributed by atoms with Crippen molar-refractivity contribution >= 4 is 0 Å². The van der Waals surface area contributed by atoms with Crippen LogP contribution in [-0.2, 0) is 13.1 Å². The van der Waals surface area contributed by atoms with Crippen LogP contribution < -0.4 is 5.32 Å². The smallest absolute Gasteiger partial charge is 0.0234 e. The summed E-state index contributed by atoms with van der Waals surface area (Å²) < 4.78 is 0. The van der Waals surface area contributed by atoms with Gasteiger partial charge in [0.1, 0.15) is 0 Å². The summed E-state index contributed by atoms with van der Waals surface area (Å²) in [6, 6.07) is 9.06. The van der Waals surface area contributed by atoms with Crippen molar-refractivity contribution in [3.63, 3.8) is 0 Å². The molecule has 0 radical (unpaired) electrons. The predicted molar refractivity (Wildman–Crippen MR) is 81.2 cm³/mol. The van der Waals surface area contributed by atoms with Crippen molar-refractivity contribution in [1.82, 2.24) is 15.1 Å². The highest BCUT2D eigenvalue weighted by atomic mass is 15.2. The van der Waals surface area contributed by atoms with Crippen LogP contribution in [0.4, 0.5) is 0 Å². The highest BCUT2D eigenvalue weighted by Crippen LogP contribution is 2.10. The standard InChI is InChI=1S/C16H27N3/c1-3-17-13-15-5-7-16(8-6-15)14-19-10-4-9-18(2)11-12-19/h5-8,17H,3-4,9-14H2,1-2H3. The number of nitrogens with one attached hydrogen (secondary N) is 1. The molecule has 0 aromatic heterocycles. The van der Waals surface area contributed by atoms with Gasteiger partial charge in [0.05, 0.1) is 0 Å². The molecule has 3 nitrogen and oxygen atoms in total. The number of likely N-dealkylation sites (N-methyl/N-ethyl adjacent to an activating group) is 1. The fourth-order valence-electron chi connectivity index (χ4n) is 2.55. The lowest BCUT2D eigenvalue weighted by Gasteiger charge is -2.20. The zero-order chi connectivity index (χ0) is 13.5. The molecule has 0 bridgehead atoms.